The van der Waals surface area contributed by atoms with Crippen LogP contribution in [0.1, 0.15) is 54.3 Å². The Balaban J connectivity index is -0.000000616. The highest BCUT2D eigenvalue weighted by Gasteiger charge is 2.11. The topological polar surface area (TPSA) is 46.3 Å². The van der Waals surface area contributed by atoms with Crippen LogP contribution >= 0.6 is 0 Å². The zero-order chi connectivity index (χ0) is 13.0. The van der Waals surface area contributed by atoms with Gasteiger partial charge in [-0.05, 0) is 39.9 Å². The van der Waals surface area contributed by atoms with Crippen molar-refractivity contribution in [2.75, 3.05) is 20.6 Å². The third kappa shape index (κ3) is 11.7. The zero-order valence-corrected chi connectivity index (χ0v) is 11.8. The first-order chi connectivity index (χ1) is 7.57. The number of carbonyl (C=O) groups excluding carboxylic acids is 1. The van der Waals surface area contributed by atoms with E-state index in [0.29, 0.717) is 6.42 Å². The summed E-state index contributed by atoms with van der Waals surface area (Å²) in [4.78, 5) is 13.5. The molecule has 0 aliphatic rings. The van der Waals surface area contributed by atoms with E-state index in [1.807, 2.05) is 20.8 Å². The average molecular weight is 232 g/mol. The fraction of sp³-hybridized carbons (Fsp3) is 0.923. The number of unbranched alkanes of at least 4 members (excludes halogenated alkanes) is 1. The summed E-state index contributed by atoms with van der Waals surface area (Å²) < 4.78 is 0. The fourth-order valence-electron chi connectivity index (χ4n) is 1.39. The third-order valence-electron chi connectivity index (χ3n) is 2.28. The number of nitrogens with zero attached hydrogens (tertiary/aromatic N) is 1. The number of nitrogens with two attached hydrogens (primary N) is 1. The van der Waals surface area contributed by atoms with Crippen molar-refractivity contribution < 1.29 is 6.22 Å². The van der Waals surface area contributed by atoms with E-state index in [2.05, 4.69) is 19.0 Å². The van der Waals surface area contributed by atoms with Crippen molar-refractivity contribution in [2.24, 2.45) is 5.73 Å². The maximum Gasteiger partial charge on any atom is 0.149 e. The number of Topliss-reactive ketones (excluding diaryl/α,β-unsaturated/α-hetero) is 1. The van der Waals surface area contributed by atoms with Crippen LogP contribution in [0.25, 0.3) is 0 Å². The van der Waals surface area contributed by atoms with Crippen LogP contribution < -0.4 is 5.73 Å². The van der Waals surface area contributed by atoms with E-state index in [1.165, 1.54) is 0 Å². The van der Waals surface area contributed by atoms with Crippen LogP contribution in [0.3, 0.4) is 0 Å². The van der Waals surface area contributed by atoms with Crippen LogP contribution in [0.15, 0.2) is 0 Å². The lowest BCUT2D eigenvalue weighted by atomic mass is 10.0. The summed E-state index contributed by atoms with van der Waals surface area (Å²) in [6, 6.07) is -0.225. The maximum atomic E-state index is 11.3. The molecule has 2 N–H and O–H groups in total. The van der Waals surface area contributed by atoms with E-state index in [0.717, 1.165) is 32.2 Å². The molecule has 1 atom stereocenters. The molecular formula is C13H32N2O. The van der Waals surface area contributed by atoms with Crippen molar-refractivity contribution in [3.8, 4) is 0 Å². The van der Waals surface area contributed by atoms with E-state index < -0.39 is 0 Å². The van der Waals surface area contributed by atoms with Gasteiger partial charge in [0.1, 0.15) is 5.78 Å². The molecule has 3 nitrogen and oxygen atoms in total. The minimum absolute atomic E-state index is 0. The number of rotatable bonds is 8. The molecule has 0 heterocycles. The molecule has 0 radical (unpaired) electrons. The first-order valence-electron chi connectivity index (χ1n) is 6.51. The number of hydrogen-bond donors (Lipinski definition) is 1. The maximum absolute atomic E-state index is 11.3. The first kappa shape index (κ1) is 18.0. The molecule has 0 saturated heterocycles. The molecular weight excluding hydrogens is 200 g/mol. The summed E-state index contributed by atoms with van der Waals surface area (Å²) in [6.07, 6.45) is 4.56. The number of hydrogen-bond acceptors (Lipinski definition) is 3. The third-order valence-corrected chi connectivity index (χ3v) is 2.28. The molecule has 100 valence electrons. The summed E-state index contributed by atoms with van der Waals surface area (Å²) in [5.41, 5.74) is 5.76. The molecule has 0 aromatic carbocycles. The van der Waals surface area contributed by atoms with Crippen molar-refractivity contribution in [3.63, 3.8) is 0 Å². The van der Waals surface area contributed by atoms with Crippen LogP contribution in [0.4, 0.5) is 0 Å². The van der Waals surface area contributed by atoms with Gasteiger partial charge in [-0.25, -0.2) is 0 Å². The van der Waals surface area contributed by atoms with E-state index in [9.17, 15) is 4.79 Å². The van der Waals surface area contributed by atoms with Gasteiger partial charge in [-0.2, -0.15) is 0 Å². The van der Waals surface area contributed by atoms with Gasteiger partial charge in [0.05, 0.1) is 6.04 Å². The highest BCUT2D eigenvalue weighted by Crippen LogP contribution is 2.03. The number of ketones is 1. The Morgan fingerprint density at radius 1 is 1.31 bits per heavy atom. The van der Waals surface area contributed by atoms with Crippen molar-refractivity contribution in [1.82, 2.24) is 4.90 Å². The Bertz CT molecular complexity index is 163. The standard InChI is InChI=1S/C11H24N2O.C2H6.H2/c1-4-7-11(14)10(12)8-5-6-9-13(2)3;1-2;/h10H,4-9,12H2,1-3H3;1-2H3;1H/t10-;;/m0../s1. The molecule has 3 heteroatoms. The lowest BCUT2D eigenvalue weighted by molar-refractivity contribution is -0.120. The molecule has 0 amide bonds. The molecule has 0 aromatic heterocycles. The molecule has 0 bridgehead atoms. The lowest BCUT2D eigenvalue weighted by Gasteiger charge is -2.11. The largest absolute Gasteiger partial charge is 0.322 e. The zero-order valence-electron chi connectivity index (χ0n) is 11.8. The summed E-state index contributed by atoms with van der Waals surface area (Å²) in [7, 11) is 4.12. The highest BCUT2D eigenvalue weighted by molar-refractivity contribution is 5.83. The number of carbonyl (C=O) groups is 1. The molecule has 0 aromatic rings. The molecule has 0 fully saturated rings. The van der Waals surface area contributed by atoms with Crippen LogP contribution in [-0.4, -0.2) is 37.4 Å². The predicted octanol–water partition coefficient (Wildman–Crippen LogP) is 2.69. The SMILES string of the molecule is CC.CCCC(=O)[C@@H](N)CCCCN(C)C.[HH]. The molecule has 0 aliphatic carbocycles. The van der Waals surface area contributed by atoms with E-state index in [-0.39, 0.29) is 13.3 Å². The van der Waals surface area contributed by atoms with Crippen molar-refractivity contribution >= 4 is 5.78 Å². The summed E-state index contributed by atoms with van der Waals surface area (Å²) in [5.74, 6) is 0.220. The Morgan fingerprint density at radius 3 is 2.31 bits per heavy atom. The lowest BCUT2D eigenvalue weighted by Crippen LogP contribution is -2.30. The average Bonchev–Trinajstić information content (AvgIpc) is 2.27. The van der Waals surface area contributed by atoms with Crippen LogP contribution in [0.2, 0.25) is 0 Å². The second-order valence-corrected chi connectivity index (χ2v) is 4.12. The van der Waals surface area contributed by atoms with Gasteiger partial charge in [-0.15, -0.1) is 0 Å². The first-order valence-corrected chi connectivity index (χ1v) is 6.51. The molecule has 0 aliphatic heterocycles. The summed E-state index contributed by atoms with van der Waals surface area (Å²) in [5, 5.41) is 0. The summed E-state index contributed by atoms with van der Waals surface area (Å²) in [6.45, 7) is 7.09. The molecule has 16 heavy (non-hydrogen) atoms. The normalized spacial score (nSPS) is 11.9. The van der Waals surface area contributed by atoms with Gasteiger partial charge in [-0.1, -0.05) is 27.2 Å². The Kier molecular flexibility index (Phi) is 14.2. The Labute approximate surface area is 103 Å². The van der Waals surface area contributed by atoms with Crippen molar-refractivity contribution in [2.45, 2.75) is 58.9 Å². The van der Waals surface area contributed by atoms with E-state index >= 15 is 0 Å². The van der Waals surface area contributed by atoms with Gasteiger partial charge in [0.15, 0.2) is 0 Å². The molecule has 0 saturated carbocycles. The van der Waals surface area contributed by atoms with Crippen molar-refractivity contribution in [1.29, 1.82) is 0 Å². The summed E-state index contributed by atoms with van der Waals surface area (Å²) >= 11 is 0. The second kappa shape index (κ2) is 12.7. The van der Waals surface area contributed by atoms with Crippen molar-refractivity contribution in [3.05, 3.63) is 0 Å². The van der Waals surface area contributed by atoms with Gasteiger partial charge in [0.2, 0.25) is 0 Å². The fourth-order valence-corrected chi connectivity index (χ4v) is 1.39. The Morgan fingerprint density at radius 2 is 1.88 bits per heavy atom. The molecule has 0 spiro atoms. The van der Waals surface area contributed by atoms with Crippen LogP contribution in [0.5, 0.6) is 0 Å². The van der Waals surface area contributed by atoms with E-state index in [1.54, 1.807) is 0 Å². The van der Waals surface area contributed by atoms with Gasteiger partial charge < -0.3 is 10.6 Å². The monoisotopic (exact) mass is 232 g/mol. The van der Waals surface area contributed by atoms with Crippen LogP contribution in [-0.2, 0) is 4.79 Å². The molecule has 0 unspecified atom stereocenters. The quantitative estimate of drug-likeness (QED) is 0.655. The smallest absolute Gasteiger partial charge is 0.149 e. The molecule has 0 rings (SSSR count). The predicted molar refractivity (Wildman–Crippen MR) is 73.8 cm³/mol. The van der Waals surface area contributed by atoms with Gasteiger partial charge in [0.25, 0.3) is 0 Å². The van der Waals surface area contributed by atoms with Gasteiger partial charge >= 0.3 is 0 Å². The Hall–Kier alpha value is -0.410. The van der Waals surface area contributed by atoms with Crippen LogP contribution in [0, 0.1) is 0 Å². The van der Waals surface area contributed by atoms with Gasteiger partial charge in [0, 0.05) is 7.85 Å². The minimum Gasteiger partial charge on any atom is -0.322 e. The van der Waals surface area contributed by atoms with E-state index in [4.69, 9.17) is 5.73 Å². The second-order valence-electron chi connectivity index (χ2n) is 4.12. The minimum atomic E-state index is -0.225. The highest BCUT2D eigenvalue weighted by atomic mass is 16.1. The van der Waals surface area contributed by atoms with Gasteiger partial charge in [-0.3, -0.25) is 4.79 Å².